The van der Waals surface area contributed by atoms with Crippen molar-refractivity contribution in [3.8, 4) is 0 Å². The third-order valence-electron chi connectivity index (χ3n) is 5.29. The molecule has 0 unspecified atom stereocenters. The molecule has 0 amide bonds. The first-order valence-electron chi connectivity index (χ1n) is 11.6. The van der Waals surface area contributed by atoms with E-state index < -0.39 is 0 Å². The zero-order chi connectivity index (χ0) is 19.0. The van der Waals surface area contributed by atoms with Crippen LogP contribution in [-0.4, -0.2) is 9.97 Å². The summed E-state index contributed by atoms with van der Waals surface area (Å²) in [7, 11) is 0. The molecule has 150 valence electrons. The van der Waals surface area contributed by atoms with E-state index >= 15 is 0 Å². The van der Waals surface area contributed by atoms with Crippen LogP contribution in [0.25, 0.3) is 0 Å². The number of unbranched alkanes of at least 4 members (excludes halogenated alkanes) is 8. The molecule has 0 N–H and O–H groups in total. The van der Waals surface area contributed by atoms with Gasteiger partial charge in [-0.2, -0.15) is 0 Å². The Hall–Kier alpha value is -0.920. The quantitative estimate of drug-likeness (QED) is 0.287. The molecule has 0 spiro atoms. The lowest BCUT2D eigenvalue weighted by molar-refractivity contribution is 0.635. The van der Waals surface area contributed by atoms with Crippen LogP contribution >= 0.6 is 0 Å². The van der Waals surface area contributed by atoms with Crippen LogP contribution < -0.4 is 0 Å². The van der Waals surface area contributed by atoms with Crippen LogP contribution in [0, 0.1) is 0 Å². The summed E-state index contributed by atoms with van der Waals surface area (Å²) < 4.78 is 0. The minimum atomic E-state index is 1.06. The molecule has 1 heterocycles. The summed E-state index contributed by atoms with van der Waals surface area (Å²) in [5.74, 6) is 1.12. The fourth-order valence-corrected chi connectivity index (χ4v) is 3.62. The number of aromatic nitrogens is 2. The van der Waals surface area contributed by atoms with Crippen LogP contribution in [0.2, 0.25) is 0 Å². The first-order chi connectivity index (χ1) is 12.8. The molecule has 0 aliphatic rings. The SMILES string of the molecule is CCCCCc1nc(CCCCC)c(CCCCC)c(CCCCC)n1. The van der Waals surface area contributed by atoms with Gasteiger partial charge in [0.1, 0.15) is 5.82 Å². The maximum Gasteiger partial charge on any atom is 0.128 e. The molecule has 1 aromatic heterocycles. The highest BCUT2D eigenvalue weighted by Crippen LogP contribution is 2.21. The Morgan fingerprint density at radius 2 is 0.846 bits per heavy atom. The van der Waals surface area contributed by atoms with Gasteiger partial charge in [0.25, 0.3) is 0 Å². The Labute approximate surface area is 163 Å². The second kappa shape index (κ2) is 15.2. The van der Waals surface area contributed by atoms with Gasteiger partial charge < -0.3 is 0 Å². The van der Waals surface area contributed by atoms with Gasteiger partial charge in [-0.05, 0) is 50.5 Å². The summed E-state index contributed by atoms with van der Waals surface area (Å²) in [6.07, 6.45) is 20.0. The van der Waals surface area contributed by atoms with Crippen molar-refractivity contribution >= 4 is 0 Å². The van der Waals surface area contributed by atoms with Gasteiger partial charge in [-0.1, -0.05) is 79.1 Å². The maximum absolute atomic E-state index is 5.07. The van der Waals surface area contributed by atoms with E-state index in [0.717, 1.165) is 25.1 Å². The Kier molecular flexibility index (Phi) is 13.5. The van der Waals surface area contributed by atoms with E-state index in [-0.39, 0.29) is 0 Å². The third-order valence-corrected chi connectivity index (χ3v) is 5.29. The summed E-state index contributed by atoms with van der Waals surface area (Å²) in [6, 6.07) is 0. The van der Waals surface area contributed by atoms with Gasteiger partial charge in [0.2, 0.25) is 0 Å². The number of hydrogen-bond acceptors (Lipinski definition) is 2. The van der Waals surface area contributed by atoms with E-state index in [1.807, 2.05) is 0 Å². The van der Waals surface area contributed by atoms with Gasteiger partial charge >= 0.3 is 0 Å². The molecule has 0 bridgehead atoms. The van der Waals surface area contributed by atoms with Gasteiger partial charge in [-0.15, -0.1) is 0 Å². The lowest BCUT2D eigenvalue weighted by atomic mass is 9.97. The van der Waals surface area contributed by atoms with Crippen molar-refractivity contribution in [2.24, 2.45) is 0 Å². The van der Waals surface area contributed by atoms with E-state index in [1.54, 1.807) is 0 Å². The van der Waals surface area contributed by atoms with Gasteiger partial charge in [0.05, 0.1) is 0 Å². The monoisotopic (exact) mass is 360 g/mol. The number of nitrogens with zero attached hydrogens (tertiary/aromatic N) is 2. The smallest absolute Gasteiger partial charge is 0.128 e. The first kappa shape index (κ1) is 23.1. The van der Waals surface area contributed by atoms with Gasteiger partial charge in [0.15, 0.2) is 0 Å². The molecule has 0 atom stereocenters. The first-order valence-corrected chi connectivity index (χ1v) is 11.6. The Balaban J connectivity index is 3.01. The van der Waals surface area contributed by atoms with E-state index in [0.29, 0.717) is 0 Å². The molecule has 26 heavy (non-hydrogen) atoms. The van der Waals surface area contributed by atoms with E-state index in [1.165, 1.54) is 100 Å². The van der Waals surface area contributed by atoms with Crippen molar-refractivity contribution < 1.29 is 0 Å². The molecule has 0 aliphatic carbocycles. The summed E-state index contributed by atoms with van der Waals surface area (Å²) in [4.78, 5) is 10.1. The van der Waals surface area contributed by atoms with Gasteiger partial charge in [-0.25, -0.2) is 9.97 Å². The molecular formula is C24H44N2. The minimum absolute atomic E-state index is 1.06. The molecule has 2 heteroatoms. The van der Waals surface area contributed by atoms with E-state index in [9.17, 15) is 0 Å². The van der Waals surface area contributed by atoms with Crippen molar-refractivity contribution in [2.45, 2.75) is 130 Å². The molecule has 1 rings (SSSR count). The molecule has 0 fully saturated rings. The molecule has 0 saturated carbocycles. The van der Waals surface area contributed by atoms with Gasteiger partial charge in [-0.3, -0.25) is 0 Å². The predicted molar refractivity (Wildman–Crippen MR) is 115 cm³/mol. The fourth-order valence-electron chi connectivity index (χ4n) is 3.62. The van der Waals surface area contributed by atoms with Crippen molar-refractivity contribution in [1.29, 1.82) is 0 Å². The Bertz CT molecular complexity index is 436. The second-order valence-electron chi connectivity index (χ2n) is 7.84. The lowest BCUT2D eigenvalue weighted by Crippen LogP contribution is -2.11. The van der Waals surface area contributed by atoms with Crippen molar-refractivity contribution in [3.05, 3.63) is 22.8 Å². The van der Waals surface area contributed by atoms with Crippen LogP contribution in [0.3, 0.4) is 0 Å². The zero-order valence-corrected chi connectivity index (χ0v) is 18.2. The largest absolute Gasteiger partial charge is 0.238 e. The zero-order valence-electron chi connectivity index (χ0n) is 18.2. The highest BCUT2D eigenvalue weighted by molar-refractivity contribution is 5.27. The molecular weight excluding hydrogens is 316 g/mol. The molecule has 0 radical (unpaired) electrons. The normalized spacial score (nSPS) is 11.2. The Morgan fingerprint density at radius 3 is 1.27 bits per heavy atom. The number of rotatable bonds is 16. The molecule has 0 saturated heterocycles. The van der Waals surface area contributed by atoms with Crippen LogP contribution in [-0.2, 0) is 25.7 Å². The lowest BCUT2D eigenvalue weighted by Gasteiger charge is -2.16. The molecule has 0 aromatic carbocycles. The van der Waals surface area contributed by atoms with E-state index in [2.05, 4.69) is 27.7 Å². The summed E-state index contributed by atoms with van der Waals surface area (Å²) >= 11 is 0. The van der Waals surface area contributed by atoms with E-state index in [4.69, 9.17) is 9.97 Å². The summed E-state index contributed by atoms with van der Waals surface area (Å²) in [6.45, 7) is 9.13. The van der Waals surface area contributed by atoms with Crippen molar-refractivity contribution in [2.75, 3.05) is 0 Å². The topological polar surface area (TPSA) is 25.8 Å². The average molecular weight is 361 g/mol. The maximum atomic E-state index is 5.07. The summed E-state index contributed by atoms with van der Waals surface area (Å²) in [5, 5.41) is 0. The van der Waals surface area contributed by atoms with Crippen molar-refractivity contribution in [1.82, 2.24) is 9.97 Å². The average Bonchev–Trinajstić information content (AvgIpc) is 2.64. The van der Waals surface area contributed by atoms with Gasteiger partial charge in [0, 0.05) is 17.8 Å². The minimum Gasteiger partial charge on any atom is -0.238 e. The molecule has 1 aromatic rings. The molecule has 0 aliphatic heterocycles. The summed E-state index contributed by atoms with van der Waals surface area (Å²) in [5.41, 5.74) is 4.30. The van der Waals surface area contributed by atoms with Crippen LogP contribution in [0.1, 0.15) is 128 Å². The highest BCUT2D eigenvalue weighted by atomic mass is 14.9. The third kappa shape index (κ3) is 9.14. The van der Waals surface area contributed by atoms with Crippen LogP contribution in [0.4, 0.5) is 0 Å². The number of aryl methyl sites for hydroxylation is 3. The Morgan fingerprint density at radius 1 is 0.462 bits per heavy atom. The standard InChI is InChI=1S/C24H44N2/c1-5-9-13-17-21-22(18-14-10-6-2)25-24(20-16-12-8-4)26-23(21)19-15-11-7-3/h5-20H2,1-4H3. The number of hydrogen-bond donors (Lipinski definition) is 0. The molecule has 2 nitrogen and oxygen atoms in total. The second-order valence-corrected chi connectivity index (χ2v) is 7.84. The van der Waals surface area contributed by atoms with Crippen molar-refractivity contribution in [3.63, 3.8) is 0 Å². The highest BCUT2D eigenvalue weighted by Gasteiger charge is 2.14. The fraction of sp³-hybridized carbons (Fsp3) is 0.833. The predicted octanol–water partition coefficient (Wildman–Crippen LogP) is 7.41. The van der Waals surface area contributed by atoms with Crippen LogP contribution in [0.5, 0.6) is 0 Å². The van der Waals surface area contributed by atoms with Crippen LogP contribution in [0.15, 0.2) is 0 Å².